The first-order chi connectivity index (χ1) is 11.7. The molecule has 3 rings (SSSR count). The number of carbonyl (C=O) groups is 1. The van der Waals surface area contributed by atoms with Gasteiger partial charge in [-0.3, -0.25) is 4.68 Å². The van der Waals surface area contributed by atoms with Gasteiger partial charge in [-0.05, 0) is 37.0 Å². The van der Waals surface area contributed by atoms with Gasteiger partial charge in [0.15, 0.2) is 0 Å². The Morgan fingerprint density at radius 1 is 1.38 bits per heavy atom. The SMILES string of the molecule is C[C@H](NC(=O)NCc1ccccc1Cn1cccn1)[C@H]1CCCO1. The van der Waals surface area contributed by atoms with Crippen LogP contribution in [0.15, 0.2) is 42.7 Å². The van der Waals surface area contributed by atoms with Crippen LogP contribution in [0.2, 0.25) is 0 Å². The van der Waals surface area contributed by atoms with Crippen LogP contribution < -0.4 is 10.6 Å². The Balaban J connectivity index is 1.53. The van der Waals surface area contributed by atoms with Crippen molar-refractivity contribution >= 4 is 6.03 Å². The zero-order valence-corrected chi connectivity index (χ0v) is 13.9. The van der Waals surface area contributed by atoms with Crippen molar-refractivity contribution in [2.75, 3.05) is 6.61 Å². The first kappa shape index (κ1) is 16.5. The van der Waals surface area contributed by atoms with Crippen molar-refractivity contribution in [1.29, 1.82) is 0 Å². The summed E-state index contributed by atoms with van der Waals surface area (Å²) in [7, 11) is 0. The number of amides is 2. The van der Waals surface area contributed by atoms with Gasteiger partial charge in [-0.2, -0.15) is 5.10 Å². The van der Waals surface area contributed by atoms with Gasteiger partial charge in [0, 0.05) is 25.5 Å². The molecule has 1 aliphatic heterocycles. The van der Waals surface area contributed by atoms with E-state index in [1.54, 1.807) is 6.20 Å². The van der Waals surface area contributed by atoms with Crippen LogP contribution in [0.3, 0.4) is 0 Å². The predicted molar refractivity (Wildman–Crippen MR) is 91.6 cm³/mol. The maximum absolute atomic E-state index is 12.1. The number of ether oxygens (including phenoxy) is 1. The van der Waals surface area contributed by atoms with Crippen molar-refractivity contribution in [3.05, 3.63) is 53.9 Å². The first-order valence-electron chi connectivity index (χ1n) is 8.42. The van der Waals surface area contributed by atoms with E-state index in [1.165, 1.54) is 0 Å². The molecule has 6 heteroatoms. The number of rotatable bonds is 6. The third-order valence-corrected chi connectivity index (χ3v) is 4.33. The minimum Gasteiger partial charge on any atom is -0.376 e. The van der Waals surface area contributed by atoms with Gasteiger partial charge in [-0.25, -0.2) is 4.79 Å². The van der Waals surface area contributed by atoms with Crippen LogP contribution in [0.25, 0.3) is 0 Å². The number of hydrogen-bond donors (Lipinski definition) is 2. The van der Waals surface area contributed by atoms with E-state index in [9.17, 15) is 4.79 Å². The van der Waals surface area contributed by atoms with E-state index in [0.29, 0.717) is 13.1 Å². The van der Waals surface area contributed by atoms with Crippen LogP contribution >= 0.6 is 0 Å². The molecule has 1 aromatic heterocycles. The van der Waals surface area contributed by atoms with Gasteiger partial charge in [0.25, 0.3) is 0 Å². The maximum atomic E-state index is 12.1. The number of hydrogen-bond acceptors (Lipinski definition) is 3. The van der Waals surface area contributed by atoms with Gasteiger partial charge in [-0.15, -0.1) is 0 Å². The molecule has 2 heterocycles. The van der Waals surface area contributed by atoms with E-state index in [1.807, 2.05) is 42.1 Å². The van der Waals surface area contributed by atoms with Crippen LogP contribution in [0.5, 0.6) is 0 Å². The summed E-state index contributed by atoms with van der Waals surface area (Å²) in [6.45, 7) is 3.96. The second kappa shape index (κ2) is 7.97. The topological polar surface area (TPSA) is 68.2 Å². The summed E-state index contributed by atoms with van der Waals surface area (Å²) in [5, 5.41) is 10.1. The second-order valence-electron chi connectivity index (χ2n) is 6.14. The molecule has 0 unspecified atom stereocenters. The van der Waals surface area contributed by atoms with Crippen LogP contribution in [-0.2, 0) is 17.8 Å². The second-order valence-corrected chi connectivity index (χ2v) is 6.14. The van der Waals surface area contributed by atoms with Gasteiger partial charge < -0.3 is 15.4 Å². The molecule has 2 N–H and O–H groups in total. The van der Waals surface area contributed by atoms with Gasteiger partial charge in [0.2, 0.25) is 0 Å². The van der Waals surface area contributed by atoms with Crippen molar-refractivity contribution < 1.29 is 9.53 Å². The van der Waals surface area contributed by atoms with Crippen LogP contribution in [0.4, 0.5) is 4.79 Å². The lowest BCUT2D eigenvalue weighted by atomic mass is 10.1. The third kappa shape index (κ3) is 4.35. The van der Waals surface area contributed by atoms with E-state index in [2.05, 4.69) is 21.8 Å². The highest BCUT2D eigenvalue weighted by Crippen LogP contribution is 2.15. The standard InChI is InChI=1S/C18H24N4O2/c1-14(17-8-4-11-24-17)21-18(23)19-12-15-6-2-3-7-16(15)13-22-10-5-9-20-22/h2-3,5-7,9-10,14,17H,4,8,11-13H2,1H3,(H2,19,21,23)/t14-,17+/m0/s1. The lowest BCUT2D eigenvalue weighted by molar-refractivity contribution is 0.0860. The number of urea groups is 1. The zero-order valence-electron chi connectivity index (χ0n) is 13.9. The smallest absolute Gasteiger partial charge is 0.315 e. The molecule has 128 valence electrons. The Bertz CT molecular complexity index is 651. The van der Waals surface area contributed by atoms with E-state index in [0.717, 1.165) is 30.6 Å². The molecule has 2 amide bonds. The zero-order chi connectivity index (χ0) is 16.8. The molecular weight excluding hydrogens is 304 g/mol. The number of carbonyl (C=O) groups excluding carboxylic acids is 1. The van der Waals surface area contributed by atoms with E-state index in [4.69, 9.17) is 4.74 Å². The number of nitrogens with zero attached hydrogens (tertiary/aromatic N) is 2. The minimum absolute atomic E-state index is 0.0202. The summed E-state index contributed by atoms with van der Waals surface area (Å²) in [5.74, 6) is 0. The minimum atomic E-state index is -0.160. The Hall–Kier alpha value is -2.34. The van der Waals surface area contributed by atoms with E-state index < -0.39 is 0 Å². The quantitative estimate of drug-likeness (QED) is 0.855. The molecule has 1 saturated heterocycles. The number of nitrogens with one attached hydrogen (secondary N) is 2. The van der Waals surface area contributed by atoms with Gasteiger partial charge in [0.05, 0.1) is 18.7 Å². The fraction of sp³-hybridized carbons (Fsp3) is 0.444. The Morgan fingerprint density at radius 2 is 2.21 bits per heavy atom. The molecule has 0 radical (unpaired) electrons. The maximum Gasteiger partial charge on any atom is 0.315 e. The highest BCUT2D eigenvalue weighted by Gasteiger charge is 2.23. The normalized spacial score (nSPS) is 18.3. The summed E-state index contributed by atoms with van der Waals surface area (Å²) in [6.07, 6.45) is 5.90. The first-order valence-corrected chi connectivity index (χ1v) is 8.42. The summed E-state index contributed by atoms with van der Waals surface area (Å²) >= 11 is 0. The Morgan fingerprint density at radius 3 is 2.92 bits per heavy atom. The van der Waals surface area contributed by atoms with Crippen molar-refractivity contribution in [3.8, 4) is 0 Å². The number of aromatic nitrogens is 2. The van der Waals surface area contributed by atoms with Gasteiger partial charge in [0.1, 0.15) is 0 Å². The monoisotopic (exact) mass is 328 g/mol. The van der Waals surface area contributed by atoms with Crippen molar-refractivity contribution in [2.24, 2.45) is 0 Å². The molecule has 6 nitrogen and oxygen atoms in total. The summed E-state index contributed by atoms with van der Waals surface area (Å²) in [5.41, 5.74) is 2.24. The molecule has 1 aliphatic rings. The summed E-state index contributed by atoms with van der Waals surface area (Å²) in [4.78, 5) is 12.1. The Labute approximate surface area is 142 Å². The lowest BCUT2D eigenvalue weighted by Crippen LogP contribution is -2.45. The lowest BCUT2D eigenvalue weighted by Gasteiger charge is -2.20. The highest BCUT2D eigenvalue weighted by atomic mass is 16.5. The van der Waals surface area contributed by atoms with Crippen molar-refractivity contribution in [1.82, 2.24) is 20.4 Å². The molecule has 0 saturated carbocycles. The molecule has 2 aromatic rings. The number of benzene rings is 1. The van der Waals surface area contributed by atoms with Crippen molar-refractivity contribution in [3.63, 3.8) is 0 Å². The molecule has 1 aromatic carbocycles. The van der Waals surface area contributed by atoms with Crippen LogP contribution in [-0.4, -0.2) is 34.6 Å². The highest BCUT2D eigenvalue weighted by molar-refractivity contribution is 5.74. The molecule has 0 aliphatic carbocycles. The fourth-order valence-corrected chi connectivity index (χ4v) is 2.98. The average molecular weight is 328 g/mol. The molecule has 0 spiro atoms. The van der Waals surface area contributed by atoms with E-state index >= 15 is 0 Å². The molecular formula is C18H24N4O2. The summed E-state index contributed by atoms with van der Waals surface area (Å²) in [6, 6.07) is 9.84. The summed E-state index contributed by atoms with van der Waals surface area (Å²) < 4.78 is 7.48. The van der Waals surface area contributed by atoms with Crippen LogP contribution in [0, 0.1) is 0 Å². The van der Waals surface area contributed by atoms with Gasteiger partial charge in [-0.1, -0.05) is 24.3 Å². The molecule has 24 heavy (non-hydrogen) atoms. The molecule has 2 atom stereocenters. The van der Waals surface area contributed by atoms with Gasteiger partial charge >= 0.3 is 6.03 Å². The molecule has 0 bridgehead atoms. The largest absolute Gasteiger partial charge is 0.376 e. The average Bonchev–Trinajstić information content (AvgIpc) is 3.27. The fourth-order valence-electron chi connectivity index (χ4n) is 2.98. The Kier molecular flexibility index (Phi) is 5.48. The third-order valence-electron chi connectivity index (χ3n) is 4.33. The van der Waals surface area contributed by atoms with Crippen molar-refractivity contribution in [2.45, 2.75) is 45.0 Å². The van der Waals surface area contributed by atoms with E-state index in [-0.39, 0.29) is 18.2 Å². The molecule has 1 fully saturated rings. The predicted octanol–water partition coefficient (Wildman–Crippen LogP) is 2.30. The van der Waals surface area contributed by atoms with Crippen LogP contribution in [0.1, 0.15) is 30.9 Å².